The van der Waals surface area contributed by atoms with Crippen molar-refractivity contribution in [1.82, 2.24) is 0 Å². The lowest BCUT2D eigenvalue weighted by Crippen LogP contribution is -2.42. The van der Waals surface area contributed by atoms with E-state index in [-0.39, 0.29) is 33.4 Å². The topological polar surface area (TPSA) is 140 Å². The van der Waals surface area contributed by atoms with Crippen molar-refractivity contribution in [3.8, 4) is 0 Å². The van der Waals surface area contributed by atoms with Crippen molar-refractivity contribution in [2.45, 2.75) is 50.0 Å². The van der Waals surface area contributed by atoms with Crippen LogP contribution in [0.25, 0.3) is 11.8 Å². The first-order chi connectivity index (χ1) is 19.8. The number of rotatable bonds is 5. The molecule has 3 aromatic rings. The second kappa shape index (κ2) is 10.8. The van der Waals surface area contributed by atoms with Crippen LogP contribution < -0.4 is 10.6 Å². The molecule has 1 amide bonds. The highest BCUT2D eigenvalue weighted by molar-refractivity contribution is 8.23. The van der Waals surface area contributed by atoms with Crippen LogP contribution in [0.4, 0.5) is 16.2 Å². The Bertz CT molecular complexity index is 1660. The molecule has 0 saturated carbocycles. The molecule has 1 heterocycles. The standard InChI is InChI=1S/C32H33N3O6S/c1-31(2,3)41-30(38)33-21-16-17-24-25(19-21)42(39,40)35-29(34-24)26-27(36)22-14-8-9-15-23(22)32(4,28(26)37)18-10-13-20-11-6-5-7-12-20/h5-17,19,36,39-40H,18H2,1-4H3,(H,33,38)(H,34,35). The molecule has 3 aromatic carbocycles. The van der Waals surface area contributed by atoms with Crippen LogP contribution in [0.5, 0.6) is 0 Å². The Labute approximate surface area is 246 Å². The molecule has 218 valence electrons. The van der Waals surface area contributed by atoms with Gasteiger partial charge in [0, 0.05) is 11.3 Å². The van der Waals surface area contributed by atoms with Gasteiger partial charge in [-0.1, -0.05) is 77.5 Å². The van der Waals surface area contributed by atoms with E-state index in [1.165, 1.54) is 12.1 Å². The number of carbonyl (C=O) groups excluding carboxylic acids is 2. The molecular weight excluding hydrogens is 554 g/mol. The number of anilines is 2. The number of benzene rings is 3. The highest BCUT2D eigenvalue weighted by Gasteiger charge is 2.46. The number of aliphatic hydroxyl groups excluding tert-OH is 1. The normalized spacial score (nSPS) is 20.2. The van der Waals surface area contributed by atoms with Gasteiger partial charge < -0.3 is 15.2 Å². The van der Waals surface area contributed by atoms with Gasteiger partial charge in [-0.3, -0.25) is 19.2 Å². The van der Waals surface area contributed by atoms with Crippen LogP contribution in [-0.4, -0.2) is 37.5 Å². The van der Waals surface area contributed by atoms with Crippen molar-refractivity contribution in [3.63, 3.8) is 0 Å². The maximum Gasteiger partial charge on any atom is 0.412 e. The molecule has 5 N–H and O–H groups in total. The largest absolute Gasteiger partial charge is 0.506 e. The SMILES string of the molecule is CC(C)(C)OC(=O)Nc1ccc2c(c1)S(O)(O)N=C(C1=C(O)c3ccccc3C(C)(CC=Cc3ccccc3)C1=O)N2. The van der Waals surface area contributed by atoms with E-state index in [1.54, 1.807) is 45.9 Å². The van der Waals surface area contributed by atoms with Gasteiger partial charge in [0.1, 0.15) is 21.8 Å². The van der Waals surface area contributed by atoms with Crippen molar-refractivity contribution in [2.24, 2.45) is 4.40 Å². The lowest BCUT2D eigenvalue weighted by Gasteiger charge is -2.38. The second-order valence-corrected chi connectivity index (χ2v) is 13.0. The van der Waals surface area contributed by atoms with Gasteiger partial charge in [-0.15, -0.1) is 4.40 Å². The van der Waals surface area contributed by atoms with Gasteiger partial charge in [0.25, 0.3) is 0 Å². The number of Topliss-reactive ketones (excluding diaryl/α,β-unsaturated/α-hetero) is 1. The lowest BCUT2D eigenvalue weighted by molar-refractivity contribution is -0.120. The molecule has 0 bridgehead atoms. The molecular formula is C32H33N3O6S. The number of nitrogens with one attached hydrogen (secondary N) is 2. The third-order valence-corrected chi connectivity index (χ3v) is 8.37. The van der Waals surface area contributed by atoms with Gasteiger partial charge in [0.15, 0.2) is 11.6 Å². The second-order valence-electron chi connectivity index (χ2n) is 11.4. The Morgan fingerprint density at radius 1 is 1.07 bits per heavy atom. The lowest BCUT2D eigenvalue weighted by atomic mass is 9.67. The third kappa shape index (κ3) is 5.69. The summed E-state index contributed by atoms with van der Waals surface area (Å²) in [5, 5.41) is 16.9. The highest BCUT2D eigenvalue weighted by Crippen LogP contribution is 2.57. The van der Waals surface area contributed by atoms with Crippen molar-refractivity contribution in [2.75, 3.05) is 10.6 Å². The molecule has 5 rings (SSSR count). The zero-order valence-corrected chi connectivity index (χ0v) is 24.5. The van der Waals surface area contributed by atoms with E-state index in [9.17, 15) is 23.8 Å². The molecule has 1 aliphatic heterocycles. The van der Waals surface area contributed by atoms with E-state index >= 15 is 0 Å². The number of carbonyl (C=O) groups is 2. The van der Waals surface area contributed by atoms with Crippen LogP contribution in [0.1, 0.15) is 50.8 Å². The van der Waals surface area contributed by atoms with Crippen LogP contribution in [0.15, 0.2) is 93.7 Å². The Hall–Kier alpha value is -4.38. The smallest absolute Gasteiger partial charge is 0.412 e. The van der Waals surface area contributed by atoms with Gasteiger partial charge >= 0.3 is 6.09 Å². The molecule has 0 aromatic heterocycles. The molecule has 1 aliphatic carbocycles. The summed E-state index contributed by atoms with van der Waals surface area (Å²) in [6, 6.07) is 21.3. The van der Waals surface area contributed by atoms with Crippen LogP contribution >= 0.6 is 10.8 Å². The Morgan fingerprint density at radius 2 is 1.76 bits per heavy atom. The third-order valence-electron chi connectivity index (χ3n) is 7.01. The molecule has 0 radical (unpaired) electrons. The zero-order valence-electron chi connectivity index (χ0n) is 23.7. The number of fused-ring (bicyclic) bond motifs is 2. The number of hydrogen-bond acceptors (Lipinski definition) is 8. The number of aliphatic hydroxyl groups is 1. The molecule has 42 heavy (non-hydrogen) atoms. The molecule has 0 spiro atoms. The van der Waals surface area contributed by atoms with Crippen molar-refractivity contribution in [1.29, 1.82) is 0 Å². The number of amidine groups is 1. The maximum absolute atomic E-state index is 14.2. The summed E-state index contributed by atoms with van der Waals surface area (Å²) < 4.78 is 31.6. The number of ketones is 1. The fraction of sp³-hybridized carbons (Fsp3) is 0.219. The summed E-state index contributed by atoms with van der Waals surface area (Å²) in [6.07, 6.45) is 3.48. The molecule has 10 heteroatoms. The number of amides is 1. The summed E-state index contributed by atoms with van der Waals surface area (Å²) in [7, 11) is -3.83. The van der Waals surface area contributed by atoms with Crippen molar-refractivity contribution in [3.05, 3.63) is 101 Å². The van der Waals surface area contributed by atoms with E-state index in [0.29, 0.717) is 17.5 Å². The summed E-state index contributed by atoms with van der Waals surface area (Å²) >= 11 is 0. The number of allylic oxidation sites excluding steroid dienone is 1. The highest BCUT2D eigenvalue weighted by atomic mass is 32.3. The van der Waals surface area contributed by atoms with Crippen LogP contribution in [0, 0.1) is 0 Å². The molecule has 2 aliphatic rings. The van der Waals surface area contributed by atoms with E-state index in [4.69, 9.17) is 4.74 Å². The van der Waals surface area contributed by atoms with Crippen LogP contribution in [0.3, 0.4) is 0 Å². The Morgan fingerprint density at radius 3 is 2.48 bits per heavy atom. The number of hydrogen-bond donors (Lipinski definition) is 5. The molecule has 0 saturated heterocycles. The summed E-state index contributed by atoms with van der Waals surface area (Å²) in [5.74, 6) is -0.858. The average Bonchev–Trinajstić information content (AvgIpc) is 2.92. The molecule has 1 atom stereocenters. The quantitative estimate of drug-likeness (QED) is 0.205. The summed E-state index contributed by atoms with van der Waals surface area (Å²) in [4.78, 5) is 26.4. The van der Waals surface area contributed by atoms with E-state index in [2.05, 4.69) is 15.0 Å². The fourth-order valence-electron chi connectivity index (χ4n) is 5.01. The Balaban J connectivity index is 1.50. The zero-order chi connectivity index (χ0) is 30.3. The van der Waals surface area contributed by atoms with Gasteiger partial charge in [-0.25, -0.2) is 4.79 Å². The van der Waals surface area contributed by atoms with Gasteiger partial charge in [-0.2, -0.15) is 0 Å². The minimum absolute atomic E-state index is 0.0251. The predicted molar refractivity (Wildman–Crippen MR) is 167 cm³/mol. The summed E-state index contributed by atoms with van der Waals surface area (Å²) in [5.41, 5.74) is 0.735. The van der Waals surface area contributed by atoms with Gasteiger partial charge in [0.2, 0.25) is 0 Å². The van der Waals surface area contributed by atoms with E-state index < -0.39 is 33.7 Å². The van der Waals surface area contributed by atoms with E-state index in [0.717, 1.165) is 5.56 Å². The van der Waals surface area contributed by atoms with Gasteiger partial charge in [-0.05, 0) is 63.4 Å². The van der Waals surface area contributed by atoms with E-state index in [1.807, 2.05) is 54.6 Å². The minimum Gasteiger partial charge on any atom is -0.506 e. The van der Waals surface area contributed by atoms with Gasteiger partial charge in [0.05, 0.1) is 11.1 Å². The molecule has 9 nitrogen and oxygen atoms in total. The van der Waals surface area contributed by atoms with Crippen molar-refractivity contribution >= 4 is 51.7 Å². The first kappa shape index (κ1) is 29.1. The first-order valence-electron chi connectivity index (χ1n) is 13.4. The Kier molecular flexibility index (Phi) is 7.48. The maximum atomic E-state index is 14.2. The number of nitrogens with zero attached hydrogens (tertiary/aromatic N) is 1. The molecule has 0 fully saturated rings. The average molecular weight is 588 g/mol. The molecule has 1 unspecified atom stereocenters. The predicted octanol–water partition coefficient (Wildman–Crippen LogP) is 7.80. The number of ether oxygens (including phenoxy) is 1. The summed E-state index contributed by atoms with van der Waals surface area (Å²) in [6.45, 7) is 7.00. The first-order valence-corrected chi connectivity index (χ1v) is 14.9. The van der Waals surface area contributed by atoms with Crippen LogP contribution in [0.2, 0.25) is 0 Å². The fourth-order valence-corrected chi connectivity index (χ4v) is 6.20. The van der Waals surface area contributed by atoms with Crippen LogP contribution in [-0.2, 0) is 14.9 Å². The van der Waals surface area contributed by atoms with Crippen molar-refractivity contribution < 1.29 is 28.5 Å². The minimum atomic E-state index is -3.83. The monoisotopic (exact) mass is 587 g/mol.